The average molecular weight is 247 g/mol. The second kappa shape index (κ2) is 6.12. The van der Waals surface area contributed by atoms with E-state index in [9.17, 15) is 8.78 Å². The summed E-state index contributed by atoms with van der Waals surface area (Å²) >= 11 is 0. The summed E-state index contributed by atoms with van der Waals surface area (Å²) in [7, 11) is 0. The van der Waals surface area contributed by atoms with Crippen LogP contribution in [-0.2, 0) is 0 Å². The molecule has 1 rings (SSSR count). The molecule has 2 N–H and O–H groups in total. The molecule has 0 spiro atoms. The molecule has 6 nitrogen and oxygen atoms in total. The molecule has 1 aromatic heterocycles. The molecule has 0 unspecified atom stereocenters. The molecule has 0 saturated carbocycles. The Labute approximate surface area is 97.8 Å². The third-order valence-electron chi connectivity index (χ3n) is 1.56. The van der Waals surface area contributed by atoms with Crippen LogP contribution in [0.15, 0.2) is 0 Å². The Bertz CT molecular complexity index is 333. The van der Waals surface area contributed by atoms with Gasteiger partial charge in [-0.15, -0.1) is 0 Å². The molecule has 96 valence electrons. The standard InChI is InChI=1S/C9H15F2N5O/c1-4-12-7-14-8(13-5(2)3)16-9(15-7)17-6(10)11/h5-6H,4H2,1-3H3,(H2,12,13,14,15,16). The first-order chi connectivity index (χ1) is 8.01. The molecule has 0 saturated heterocycles. The lowest BCUT2D eigenvalue weighted by Gasteiger charge is -2.11. The Hall–Kier alpha value is -1.73. The van der Waals surface area contributed by atoms with Gasteiger partial charge in [0.2, 0.25) is 11.9 Å². The molecule has 0 radical (unpaired) electrons. The molecule has 0 bridgehead atoms. The largest absolute Gasteiger partial charge is 0.401 e. The number of nitrogens with one attached hydrogen (secondary N) is 2. The van der Waals surface area contributed by atoms with E-state index in [4.69, 9.17) is 0 Å². The summed E-state index contributed by atoms with van der Waals surface area (Å²) in [6, 6.07) is -0.333. The molecule has 17 heavy (non-hydrogen) atoms. The first-order valence-corrected chi connectivity index (χ1v) is 5.22. The van der Waals surface area contributed by atoms with E-state index >= 15 is 0 Å². The molecule has 0 aromatic carbocycles. The number of hydrogen-bond acceptors (Lipinski definition) is 6. The summed E-state index contributed by atoms with van der Waals surface area (Å²) in [5.74, 6) is 0.392. The maximum Gasteiger partial charge on any atom is 0.389 e. The van der Waals surface area contributed by atoms with Crippen molar-refractivity contribution in [2.75, 3.05) is 17.2 Å². The van der Waals surface area contributed by atoms with Gasteiger partial charge in [0.25, 0.3) is 0 Å². The summed E-state index contributed by atoms with van der Waals surface area (Å²) in [5, 5.41) is 5.70. The number of anilines is 2. The zero-order chi connectivity index (χ0) is 12.8. The van der Waals surface area contributed by atoms with Crippen molar-refractivity contribution in [1.82, 2.24) is 15.0 Å². The van der Waals surface area contributed by atoms with E-state index in [0.717, 1.165) is 0 Å². The van der Waals surface area contributed by atoms with E-state index in [1.165, 1.54) is 0 Å². The monoisotopic (exact) mass is 247 g/mol. The predicted octanol–water partition coefficient (Wildman–Crippen LogP) is 1.73. The minimum Gasteiger partial charge on any atom is -0.401 e. The Balaban J connectivity index is 2.91. The maximum absolute atomic E-state index is 12.1. The van der Waals surface area contributed by atoms with Crippen LogP contribution in [-0.4, -0.2) is 34.2 Å². The molecular weight excluding hydrogens is 232 g/mol. The molecule has 0 aliphatic carbocycles. The number of hydrogen-bond donors (Lipinski definition) is 2. The van der Waals surface area contributed by atoms with Crippen LogP contribution < -0.4 is 15.4 Å². The maximum atomic E-state index is 12.1. The highest BCUT2D eigenvalue weighted by molar-refractivity contribution is 5.36. The lowest BCUT2D eigenvalue weighted by Crippen LogP contribution is -2.16. The van der Waals surface area contributed by atoms with Crippen LogP contribution in [0.2, 0.25) is 0 Å². The summed E-state index contributed by atoms with van der Waals surface area (Å²) in [5.41, 5.74) is 0. The van der Waals surface area contributed by atoms with Crippen molar-refractivity contribution in [2.45, 2.75) is 33.4 Å². The first kappa shape index (κ1) is 13.3. The number of rotatable bonds is 6. The Morgan fingerprint density at radius 1 is 1.18 bits per heavy atom. The van der Waals surface area contributed by atoms with E-state index in [1.807, 2.05) is 20.8 Å². The van der Waals surface area contributed by atoms with Gasteiger partial charge in [0, 0.05) is 12.6 Å². The van der Waals surface area contributed by atoms with E-state index < -0.39 is 12.6 Å². The van der Waals surface area contributed by atoms with Gasteiger partial charge in [-0.2, -0.15) is 23.7 Å². The summed E-state index contributed by atoms with van der Waals surface area (Å²) in [6.07, 6.45) is 0. The number of halogens is 2. The Morgan fingerprint density at radius 2 is 1.82 bits per heavy atom. The van der Waals surface area contributed by atoms with E-state index in [1.54, 1.807) is 0 Å². The highest BCUT2D eigenvalue weighted by Crippen LogP contribution is 2.13. The Kier molecular flexibility index (Phi) is 4.80. The molecule has 1 heterocycles. The van der Waals surface area contributed by atoms with E-state index in [2.05, 4.69) is 30.3 Å². The van der Waals surface area contributed by atoms with E-state index in [0.29, 0.717) is 6.54 Å². The van der Waals surface area contributed by atoms with Crippen molar-refractivity contribution in [1.29, 1.82) is 0 Å². The molecule has 0 aliphatic rings. The zero-order valence-electron chi connectivity index (χ0n) is 9.87. The molecule has 0 atom stereocenters. The normalized spacial score (nSPS) is 10.8. The molecule has 1 aromatic rings. The van der Waals surface area contributed by atoms with Crippen LogP contribution in [0.5, 0.6) is 6.01 Å². The fourth-order valence-electron chi connectivity index (χ4n) is 1.05. The second-order valence-electron chi connectivity index (χ2n) is 3.47. The second-order valence-corrected chi connectivity index (χ2v) is 3.47. The highest BCUT2D eigenvalue weighted by Gasteiger charge is 2.12. The molecular formula is C9H15F2N5O. The fraction of sp³-hybridized carbons (Fsp3) is 0.667. The van der Waals surface area contributed by atoms with E-state index in [-0.39, 0.29) is 17.9 Å². The van der Waals surface area contributed by atoms with Gasteiger partial charge < -0.3 is 15.4 Å². The first-order valence-electron chi connectivity index (χ1n) is 5.22. The number of nitrogens with zero attached hydrogens (tertiary/aromatic N) is 3. The van der Waals surface area contributed by atoms with Gasteiger partial charge in [-0.05, 0) is 20.8 Å². The minimum atomic E-state index is -2.96. The Morgan fingerprint density at radius 3 is 2.35 bits per heavy atom. The van der Waals surface area contributed by atoms with Crippen LogP contribution in [0, 0.1) is 0 Å². The van der Waals surface area contributed by atoms with Gasteiger partial charge in [0.1, 0.15) is 0 Å². The van der Waals surface area contributed by atoms with Crippen LogP contribution in [0.4, 0.5) is 20.7 Å². The minimum absolute atomic E-state index is 0.0753. The topological polar surface area (TPSA) is 72.0 Å². The van der Waals surface area contributed by atoms with Crippen molar-refractivity contribution >= 4 is 11.9 Å². The molecule has 8 heteroatoms. The third kappa shape index (κ3) is 4.75. The zero-order valence-corrected chi connectivity index (χ0v) is 9.87. The number of aromatic nitrogens is 3. The average Bonchev–Trinajstić information content (AvgIpc) is 2.14. The third-order valence-corrected chi connectivity index (χ3v) is 1.56. The smallest absolute Gasteiger partial charge is 0.389 e. The number of ether oxygens (including phenoxy) is 1. The van der Waals surface area contributed by atoms with Gasteiger partial charge >= 0.3 is 12.6 Å². The molecule has 0 fully saturated rings. The van der Waals surface area contributed by atoms with Crippen molar-refractivity contribution in [3.63, 3.8) is 0 Å². The van der Waals surface area contributed by atoms with Gasteiger partial charge in [0.05, 0.1) is 0 Å². The van der Waals surface area contributed by atoms with Gasteiger partial charge in [0.15, 0.2) is 0 Å². The van der Waals surface area contributed by atoms with Gasteiger partial charge in [-0.25, -0.2) is 0 Å². The lowest BCUT2D eigenvalue weighted by molar-refractivity contribution is -0.0559. The molecule has 0 aliphatic heterocycles. The van der Waals surface area contributed by atoms with Crippen molar-refractivity contribution < 1.29 is 13.5 Å². The van der Waals surface area contributed by atoms with Crippen molar-refractivity contribution in [3.05, 3.63) is 0 Å². The SMILES string of the molecule is CCNc1nc(NC(C)C)nc(OC(F)F)n1. The van der Waals surface area contributed by atoms with Crippen molar-refractivity contribution in [2.24, 2.45) is 0 Å². The number of alkyl halides is 2. The van der Waals surface area contributed by atoms with Crippen LogP contribution >= 0.6 is 0 Å². The molecule has 0 amide bonds. The van der Waals surface area contributed by atoms with Crippen molar-refractivity contribution in [3.8, 4) is 6.01 Å². The van der Waals surface area contributed by atoms with Crippen LogP contribution in [0.3, 0.4) is 0 Å². The lowest BCUT2D eigenvalue weighted by atomic mass is 10.4. The van der Waals surface area contributed by atoms with Gasteiger partial charge in [-0.3, -0.25) is 0 Å². The summed E-state index contributed by atoms with van der Waals surface area (Å²) < 4.78 is 28.3. The van der Waals surface area contributed by atoms with Gasteiger partial charge in [-0.1, -0.05) is 0 Å². The summed E-state index contributed by atoms with van der Waals surface area (Å²) in [6.45, 7) is 3.21. The fourth-order valence-corrected chi connectivity index (χ4v) is 1.05. The quantitative estimate of drug-likeness (QED) is 0.797. The van der Waals surface area contributed by atoms with Crippen LogP contribution in [0.1, 0.15) is 20.8 Å². The predicted molar refractivity (Wildman–Crippen MR) is 59.4 cm³/mol. The summed E-state index contributed by atoms with van der Waals surface area (Å²) in [4.78, 5) is 11.4. The van der Waals surface area contributed by atoms with Crippen LogP contribution in [0.25, 0.3) is 0 Å². The highest BCUT2D eigenvalue weighted by atomic mass is 19.3.